The van der Waals surface area contributed by atoms with Gasteiger partial charge in [0.1, 0.15) is 0 Å². The van der Waals surface area contributed by atoms with E-state index in [9.17, 15) is 4.79 Å². The highest BCUT2D eigenvalue weighted by Crippen LogP contribution is 2.27. The fourth-order valence-electron chi connectivity index (χ4n) is 3.25. The van der Waals surface area contributed by atoms with E-state index in [1.165, 1.54) is 31.0 Å². The molecular formula is C19H27N5O2S. The van der Waals surface area contributed by atoms with Crippen molar-refractivity contribution in [2.75, 3.05) is 13.7 Å². The van der Waals surface area contributed by atoms with Crippen LogP contribution in [0.5, 0.6) is 0 Å². The molecule has 3 rings (SSSR count). The van der Waals surface area contributed by atoms with Crippen LogP contribution in [-0.4, -0.2) is 50.7 Å². The van der Waals surface area contributed by atoms with Crippen molar-refractivity contribution < 1.29 is 9.53 Å². The summed E-state index contributed by atoms with van der Waals surface area (Å²) in [6, 6.07) is 4.12. The lowest BCUT2D eigenvalue weighted by Crippen LogP contribution is -2.40. The molecule has 1 aliphatic carbocycles. The third-order valence-electron chi connectivity index (χ3n) is 4.78. The first-order valence-electron chi connectivity index (χ1n) is 9.48. The summed E-state index contributed by atoms with van der Waals surface area (Å²) in [6.45, 7) is 3.09. The summed E-state index contributed by atoms with van der Waals surface area (Å²) in [5.74, 6) is 0.829. The van der Waals surface area contributed by atoms with E-state index in [2.05, 4.69) is 20.5 Å². The fraction of sp³-hybridized carbons (Fsp3) is 0.579. The zero-order valence-corrected chi connectivity index (χ0v) is 16.7. The molecule has 0 saturated heterocycles. The number of nitrogens with one attached hydrogen (secondary N) is 1. The highest BCUT2D eigenvalue weighted by molar-refractivity contribution is 8.00. The fourth-order valence-corrected chi connectivity index (χ4v) is 4.14. The molecule has 0 aromatic carbocycles. The first kappa shape index (κ1) is 19.8. The van der Waals surface area contributed by atoms with E-state index in [1.807, 2.05) is 23.6 Å². The second kappa shape index (κ2) is 9.85. The zero-order chi connectivity index (χ0) is 19.1. The minimum atomic E-state index is -0.234. The first-order chi connectivity index (χ1) is 13.2. The normalized spacial score (nSPS) is 16.2. The maximum Gasteiger partial charge on any atom is 0.233 e. The molecule has 1 unspecified atom stereocenters. The molecule has 1 amide bonds. The zero-order valence-electron chi connectivity index (χ0n) is 15.9. The van der Waals surface area contributed by atoms with Gasteiger partial charge in [0.15, 0.2) is 11.0 Å². The van der Waals surface area contributed by atoms with E-state index in [1.54, 1.807) is 19.5 Å². The van der Waals surface area contributed by atoms with Crippen LogP contribution in [0.3, 0.4) is 0 Å². The van der Waals surface area contributed by atoms with Gasteiger partial charge in [0, 0.05) is 31.1 Å². The number of carbonyl (C=O) groups excluding carboxylic acids is 1. The Labute approximate surface area is 164 Å². The molecule has 1 atom stereocenters. The lowest BCUT2D eigenvalue weighted by Gasteiger charge is -2.24. The summed E-state index contributed by atoms with van der Waals surface area (Å²) in [5.41, 5.74) is 0.944. The molecule has 2 aromatic rings. The monoisotopic (exact) mass is 389 g/mol. The van der Waals surface area contributed by atoms with E-state index >= 15 is 0 Å². The predicted octanol–water partition coefficient (Wildman–Crippen LogP) is 2.92. The quantitative estimate of drug-likeness (QED) is 0.699. The van der Waals surface area contributed by atoms with Crippen LogP contribution in [0.1, 0.15) is 39.0 Å². The van der Waals surface area contributed by atoms with Gasteiger partial charge in [0.2, 0.25) is 5.91 Å². The Morgan fingerprint density at radius 2 is 2.04 bits per heavy atom. The van der Waals surface area contributed by atoms with Crippen LogP contribution in [-0.2, 0) is 16.1 Å². The topological polar surface area (TPSA) is 81.9 Å². The van der Waals surface area contributed by atoms with E-state index in [0.29, 0.717) is 19.2 Å². The molecule has 8 heteroatoms. The summed E-state index contributed by atoms with van der Waals surface area (Å²) in [4.78, 5) is 16.7. The lowest BCUT2D eigenvalue weighted by atomic mass is 9.95. The average Bonchev–Trinajstić information content (AvgIpc) is 3.10. The van der Waals surface area contributed by atoms with E-state index in [-0.39, 0.29) is 11.2 Å². The number of hydrogen-bond donors (Lipinski definition) is 1. The number of pyridine rings is 1. The standard InChI is InChI=1S/C19H27N5O2S/c1-14(18(25)21-16-6-4-3-5-7-16)27-19-23-22-17(24(19)12-13-26-2)15-8-10-20-11-9-15/h8-11,14,16H,3-7,12-13H2,1-2H3,(H,21,25). The Morgan fingerprint density at radius 1 is 1.30 bits per heavy atom. The molecule has 2 aromatic heterocycles. The van der Waals surface area contributed by atoms with Crippen LogP contribution >= 0.6 is 11.8 Å². The van der Waals surface area contributed by atoms with Crippen LogP contribution in [0.4, 0.5) is 0 Å². The summed E-state index contributed by atoms with van der Waals surface area (Å²) in [6.07, 6.45) is 9.31. The third kappa shape index (κ3) is 5.29. The van der Waals surface area contributed by atoms with Gasteiger partial charge in [-0.2, -0.15) is 0 Å². The van der Waals surface area contributed by atoms with Gasteiger partial charge in [0.25, 0.3) is 0 Å². The Hall–Kier alpha value is -1.93. The summed E-state index contributed by atoms with van der Waals surface area (Å²) < 4.78 is 7.24. The molecule has 0 bridgehead atoms. The van der Waals surface area contributed by atoms with E-state index < -0.39 is 0 Å². The minimum Gasteiger partial charge on any atom is -0.383 e. The number of amides is 1. The van der Waals surface area contributed by atoms with Crippen molar-refractivity contribution in [1.29, 1.82) is 0 Å². The van der Waals surface area contributed by atoms with Crippen molar-refractivity contribution >= 4 is 17.7 Å². The first-order valence-corrected chi connectivity index (χ1v) is 10.4. The van der Waals surface area contributed by atoms with Gasteiger partial charge < -0.3 is 10.1 Å². The maximum absolute atomic E-state index is 12.6. The smallest absolute Gasteiger partial charge is 0.233 e. The maximum atomic E-state index is 12.6. The Kier molecular flexibility index (Phi) is 7.23. The number of carbonyl (C=O) groups is 1. The highest BCUT2D eigenvalue weighted by Gasteiger charge is 2.23. The number of aromatic nitrogens is 4. The van der Waals surface area contributed by atoms with E-state index in [4.69, 9.17) is 4.74 Å². The Bertz CT molecular complexity index is 731. The van der Waals surface area contributed by atoms with Gasteiger partial charge in [-0.1, -0.05) is 31.0 Å². The molecule has 0 spiro atoms. The summed E-state index contributed by atoms with van der Waals surface area (Å²) in [5, 5.41) is 12.4. The molecule has 1 aliphatic rings. The largest absolute Gasteiger partial charge is 0.383 e. The Balaban J connectivity index is 1.71. The van der Waals surface area contributed by atoms with Crippen LogP contribution in [0.15, 0.2) is 29.7 Å². The van der Waals surface area contributed by atoms with Crippen LogP contribution in [0.2, 0.25) is 0 Å². The van der Waals surface area contributed by atoms with Crippen LogP contribution < -0.4 is 5.32 Å². The van der Waals surface area contributed by atoms with Gasteiger partial charge in [-0.25, -0.2) is 0 Å². The van der Waals surface area contributed by atoms with Gasteiger partial charge in [-0.15, -0.1) is 10.2 Å². The number of methoxy groups -OCH3 is 1. The minimum absolute atomic E-state index is 0.0682. The third-order valence-corrected chi connectivity index (χ3v) is 5.86. The van der Waals surface area contributed by atoms with E-state index in [0.717, 1.165) is 29.4 Å². The number of thioether (sulfide) groups is 1. The van der Waals surface area contributed by atoms with Crippen molar-refractivity contribution in [3.8, 4) is 11.4 Å². The lowest BCUT2D eigenvalue weighted by molar-refractivity contribution is -0.121. The van der Waals surface area contributed by atoms with Gasteiger partial charge in [-0.3, -0.25) is 14.3 Å². The molecule has 0 radical (unpaired) electrons. The average molecular weight is 390 g/mol. The van der Waals surface area contributed by atoms with Crippen molar-refractivity contribution in [1.82, 2.24) is 25.1 Å². The molecule has 146 valence electrons. The van der Waals surface area contributed by atoms with Crippen molar-refractivity contribution in [2.45, 2.75) is 62.0 Å². The molecular weight excluding hydrogens is 362 g/mol. The number of hydrogen-bond acceptors (Lipinski definition) is 6. The van der Waals surface area contributed by atoms with Gasteiger partial charge in [0.05, 0.1) is 18.4 Å². The molecule has 1 N–H and O–H groups in total. The highest BCUT2D eigenvalue weighted by atomic mass is 32.2. The number of ether oxygens (including phenoxy) is 1. The van der Waals surface area contributed by atoms with Gasteiger partial charge >= 0.3 is 0 Å². The second-order valence-corrected chi connectivity index (χ2v) is 8.10. The predicted molar refractivity (Wildman–Crippen MR) is 105 cm³/mol. The molecule has 27 heavy (non-hydrogen) atoms. The number of nitrogens with zero attached hydrogens (tertiary/aromatic N) is 4. The molecule has 1 saturated carbocycles. The van der Waals surface area contributed by atoms with Gasteiger partial charge in [-0.05, 0) is 31.9 Å². The molecule has 1 fully saturated rings. The summed E-state index contributed by atoms with van der Waals surface area (Å²) >= 11 is 1.44. The van der Waals surface area contributed by atoms with Crippen molar-refractivity contribution in [3.63, 3.8) is 0 Å². The second-order valence-electron chi connectivity index (χ2n) is 6.79. The Morgan fingerprint density at radius 3 is 2.74 bits per heavy atom. The number of rotatable bonds is 8. The van der Waals surface area contributed by atoms with Crippen LogP contribution in [0.25, 0.3) is 11.4 Å². The van der Waals surface area contributed by atoms with Crippen molar-refractivity contribution in [2.24, 2.45) is 0 Å². The molecule has 2 heterocycles. The van der Waals surface area contributed by atoms with Crippen LogP contribution in [0, 0.1) is 0 Å². The molecule has 7 nitrogen and oxygen atoms in total. The SMILES string of the molecule is COCCn1c(SC(C)C(=O)NC2CCCCC2)nnc1-c1ccncc1. The summed E-state index contributed by atoms with van der Waals surface area (Å²) in [7, 11) is 1.67. The van der Waals surface area contributed by atoms with Crippen molar-refractivity contribution in [3.05, 3.63) is 24.5 Å². The molecule has 0 aliphatic heterocycles.